The van der Waals surface area contributed by atoms with E-state index in [1.807, 2.05) is 12.4 Å². The number of likely N-dealkylation sites (tertiary alicyclic amines) is 1. The highest BCUT2D eigenvalue weighted by Crippen LogP contribution is 2.19. The number of aryl methyl sites for hydroxylation is 1. The zero-order valence-electron chi connectivity index (χ0n) is 12.6. The minimum Gasteiger partial charge on any atom is -0.380 e. The minimum absolute atomic E-state index is 0.519. The van der Waals surface area contributed by atoms with Crippen LogP contribution in [0.1, 0.15) is 24.0 Å². The van der Waals surface area contributed by atoms with Crippen molar-refractivity contribution in [2.75, 3.05) is 18.4 Å². The Kier molecular flexibility index (Phi) is 4.51. The molecule has 0 aliphatic carbocycles. The first-order valence-electron chi connectivity index (χ1n) is 7.75. The molecule has 1 fully saturated rings. The van der Waals surface area contributed by atoms with Crippen molar-refractivity contribution in [1.82, 2.24) is 9.88 Å². The van der Waals surface area contributed by atoms with Crippen LogP contribution in [0.15, 0.2) is 48.8 Å². The number of hydrogen-bond acceptors (Lipinski definition) is 3. The summed E-state index contributed by atoms with van der Waals surface area (Å²) in [6.45, 7) is 5.47. The summed E-state index contributed by atoms with van der Waals surface area (Å²) in [5, 5.41) is 3.66. The van der Waals surface area contributed by atoms with Crippen molar-refractivity contribution >= 4 is 5.69 Å². The summed E-state index contributed by atoms with van der Waals surface area (Å²) in [6, 6.07) is 13.3. The zero-order valence-corrected chi connectivity index (χ0v) is 12.6. The molecular weight excluding hydrogens is 258 g/mol. The highest BCUT2D eigenvalue weighted by atomic mass is 15.2. The van der Waals surface area contributed by atoms with Gasteiger partial charge in [0.2, 0.25) is 0 Å². The number of pyridine rings is 1. The molecule has 0 saturated carbocycles. The van der Waals surface area contributed by atoms with Gasteiger partial charge >= 0.3 is 0 Å². The van der Waals surface area contributed by atoms with Crippen molar-refractivity contribution in [3.63, 3.8) is 0 Å². The number of rotatable bonds is 4. The van der Waals surface area contributed by atoms with Gasteiger partial charge in [0.25, 0.3) is 0 Å². The van der Waals surface area contributed by atoms with Crippen LogP contribution in [-0.4, -0.2) is 29.0 Å². The first-order chi connectivity index (χ1) is 10.3. The predicted octanol–water partition coefficient (Wildman–Crippen LogP) is 3.47. The SMILES string of the molecule is Cc1ccncc1NC1CCCN(Cc2ccccc2)C1. The fraction of sp³-hybridized carbons (Fsp3) is 0.389. The van der Waals surface area contributed by atoms with E-state index in [-0.39, 0.29) is 0 Å². The van der Waals surface area contributed by atoms with Gasteiger partial charge in [0.15, 0.2) is 0 Å². The van der Waals surface area contributed by atoms with Gasteiger partial charge in [-0.1, -0.05) is 30.3 Å². The molecule has 1 aliphatic rings. The Labute approximate surface area is 127 Å². The summed E-state index contributed by atoms with van der Waals surface area (Å²) in [4.78, 5) is 6.77. The van der Waals surface area contributed by atoms with Gasteiger partial charge in [-0.05, 0) is 43.5 Å². The molecule has 21 heavy (non-hydrogen) atoms. The van der Waals surface area contributed by atoms with E-state index >= 15 is 0 Å². The topological polar surface area (TPSA) is 28.2 Å². The highest BCUT2D eigenvalue weighted by Gasteiger charge is 2.20. The van der Waals surface area contributed by atoms with Gasteiger partial charge in [0, 0.05) is 25.3 Å². The quantitative estimate of drug-likeness (QED) is 0.930. The molecule has 3 nitrogen and oxygen atoms in total. The van der Waals surface area contributed by atoms with E-state index in [1.54, 1.807) is 0 Å². The number of nitrogens with zero attached hydrogens (tertiary/aromatic N) is 2. The molecule has 1 aliphatic heterocycles. The van der Waals surface area contributed by atoms with Gasteiger partial charge in [-0.15, -0.1) is 0 Å². The number of benzene rings is 1. The minimum atomic E-state index is 0.519. The van der Waals surface area contributed by atoms with Crippen molar-refractivity contribution in [2.24, 2.45) is 0 Å². The Morgan fingerprint density at radius 1 is 1.24 bits per heavy atom. The summed E-state index contributed by atoms with van der Waals surface area (Å²) in [6.07, 6.45) is 6.28. The summed E-state index contributed by atoms with van der Waals surface area (Å²) in [5.74, 6) is 0. The van der Waals surface area contributed by atoms with Crippen molar-refractivity contribution in [3.8, 4) is 0 Å². The Morgan fingerprint density at radius 3 is 2.90 bits per heavy atom. The number of piperidine rings is 1. The molecule has 1 aromatic heterocycles. The molecule has 0 radical (unpaired) electrons. The molecule has 1 N–H and O–H groups in total. The fourth-order valence-electron chi connectivity index (χ4n) is 2.99. The molecule has 2 heterocycles. The molecule has 0 amide bonds. The molecule has 110 valence electrons. The molecule has 1 atom stereocenters. The Hall–Kier alpha value is -1.87. The van der Waals surface area contributed by atoms with E-state index in [2.05, 4.69) is 58.5 Å². The third kappa shape index (κ3) is 3.82. The summed E-state index contributed by atoms with van der Waals surface area (Å²) < 4.78 is 0. The van der Waals surface area contributed by atoms with Crippen molar-refractivity contribution < 1.29 is 0 Å². The van der Waals surface area contributed by atoms with Crippen molar-refractivity contribution in [2.45, 2.75) is 32.4 Å². The second-order valence-corrected chi connectivity index (χ2v) is 5.89. The average Bonchev–Trinajstić information content (AvgIpc) is 2.51. The first-order valence-corrected chi connectivity index (χ1v) is 7.75. The van der Waals surface area contributed by atoms with Crippen LogP contribution in [0, 0.1) is 6.92 Å². The molecule has 3 rings (SSSR count). The highest BCUT2D eigenvalue weighted by molar-refractivity contribution is 5.48. The molecule has 3 heteroatoms. The normalized spacial score (nSPS) is 19.4. The van der Waals surface area contributed by atoms with E-state index in [4.69, 9.17) is 0 Å². The van der Waals surface area contributed by atoms with Crippen LogP contribution < -0.4 is 5.32 Å². The predicted molar refractivity (Wildman–Crippen MR) is 87.3 cm³/mol. The lowest BCUT2D eigenvalue weighted by molar-refractivity contribution is 0.208. The maximum Gasteiger partial charge on any atom is 0.0559 e. The van der Waals surface area contributed by atoms with Crippen LogP contribution in [0.2, 0.25) is 0 Å². The molecule has 0 spiro atoms. The van der Waals surface area contributed by atoms with Crippen molar-refractivity contribution in [3.05, 3.63) is 59.9 Å². The molecular formula is C18H23N3. The Bertz CT molecular complexity index is 568. The van der Waals surface area contributed by atoms with E-state index in [0.29, 0.717) is 6.04 Å². The molecule has 1 aromatic carbocycles. The lowest BCUT2D eigenvalue weighted by Gasteiger charge is -2.34. The summed E-state index contributed by atoms with van der Waals surface area (Å²) >= 11 is 0. The number of hydrogen-bond donors (Lipinski definition) is 1. The van der Waals surface area contributed by atoms with Gasteiger partial charge in [0.05, 0.1) is 11.9 Å². The Morgan fingerprint density at radius 2 is 2.10 bits per heavy atom. The molecule has 1 unspecified atom stereocenters. The zero-order chi connectivity index (χ0) is 14.5. The van der Waals surface area contributed by atoms with Crippen LogP contribution in [0.25, 0.3) is 0 Å². The van der Waals surface area contributed by atoms with Gasteiger partial charge in [-0.2, -0.15) is 0 Å². The second-order valence-electron chi connectivity index (χ2n) is 5.89. The largest absolute Gasteiger partial charge is 0.380 e. The number of anilines is 1. The average molecular weight is 281 g/mol. The van der Waals surface area contributed by atoms with Gasteiger partial charge in [-0.25, -0.2) is 0 Å². The van der Waals surface area contributed by atoms with E-state index in [1.165, 1.54) is 36.2 Å². The Balaban J connectivity index is 1.60. The van der Waals surface area contributed by atoms with Crippen LogP contribution in [0.5, 0.6) is 0 Å². The monoisotopic (exact) mass is 281 g/mol. The summed E-state index contributed by atoms with van der Waals surface area (Å²) in [7, 11) is 0. The van der Waals surface area contributed by atoms with Crippen LogP contribution in [-0.2, 0) is 6.54 Å². The smallest absolute Gasteiger partial charge is 0.0559 e. The maximum absolute atomic E-state index is 4.22. The fourth-order valence-corrected chi connectivity index (χ4v) is 2.99. The molecule has 0 bridgehead atoms. The van der Waals surface area contributed by atoms with Gasteiger partial charge in [0.1, 0.15) is 0 Å². The van der Waals surface area contributed by atoms with E-state index in [0.717, 1.165) is 13.1 Å². The lowest BCUT2D eigenvalue weighted by atomic mass is 10.0. The maximum atomic E-state index is 4.22. The lowest BCUT2D eigenvalue weighted by Crippen LogP contribution is -2.41. The van der Waals surface area contributed by atoms with Crippen LogP contribution in [0.3, 0.4) is 0 Å². The molecule has 2 aromatic rings. The van der Waals surface area contributed by atoms with Gasteiger partial charge < -0.3 is 5.32 Å². The second kappa shape index (κ2) is 6.72. The molecule has 1 saturated heterocycles. The summed E-state index contributed by atoms with van der Waals surface area (Å²) in [5.41, 5.74) is 3.84. The standard InChI is InChI=1S/C18H23N3/c1-15-9-10-19-12-18(15)20-17-8-5-11-21(14-17)13-16-6-3-2-4-7-16/h2-4,6-7,9-10,12,17,20H,5,8,11,13-14H2,1H3. The van der Waals surface area contributed by atoms with E-state index < -0.39 is 0 Å². The van der Waals surface area contributed by atoms with E-state index in [9.17, 15) is 0 Å². The first kappa shape index (κ1) is 14.1. The third-order valence-corrected chi connectivity index (χ3v) is 4.15. The third-order valence-electron chi connectivity index (χ3n) is 4.15. The van der Waals surface area contributed by atoms with Crippen LogP contribution >= 0.6 is 0 Å². The van der Waals surface area contributed by atoms with Crippen LogP contribution in [0.4, 0.5) is 5.69 Å². The number of nitrogens with one attached hydrogen (secondary N) is 1. The van der Waals surface area contributed by atoms with Gasteiger partial charge in [-0.3, -0.25) is 9.88 Å². The number of aromatic nitrogens is 1. The van der Waals surface area contributed by atoms with Crippen molar-refractivity contribution in [1.29, 1.82) is 0 Å².